The standard InChI is InChI=1S/C15H17N3O3/c1-20-14(19)8-11-9-18(6-7-21-11)15-12-4-2-3-5-13(12)16-10-17-15/h2-5,10-11H,6-9H2,1H3. The Bertz CT molecular complexity index is 642. The molecular formula is C15H17N3O3. The summed E-state index contributed by atoms with van der Waals surface area (Å²) >= 11 is 0. The van der Waals surface area contributed by atoms with Gasteiger partial charge in [0, 0.05) is 18.5 Å². The molecule has 1 atom stereocenters. The second kappa shape index (κ2) is 6.05. The van der Waals surface area contributed by atoms with E-state index in [0.717, 1.165) is 23.3 Å². The molecule has 1 aromatic heterocycles. The highest BCUT2D eigenvalue weighted by Crippen LogP contribution is 2.24. The van der Waals surface area contributed by atoms with Crippen molar-refractivity contribution in [3.05, 3.63) is 30.6 Å². The number of hydrogen-bond acceptors (Lipinski definition) is 6. The van der Waals surface area contributed by atoms with Crippen LogP contribution in [0.15, 0.2) is 30.6 Å². The van der Waals surface area contributed by atoms with Crippen LogP contribution in [-0.2, 0) is 14.3 Å². The Morgan fingerprint density at radius 1 is 1.43 bits per heavy atom. The van der Waals surface area contributed by atoms with E-state index in [4.69, 9.17) is 9.47 Å². The number of carbonyl (C=O) groups excluding carboxylic acids is 1. The number of aromatic nitrogens is 2. The molecule has 0 aliphatic carbocycles. The Balaban J connectivity index is 1.83. The molecule has 0 amide bonds. The van der Waals surface area contributed by atoms with Gasteiger partial charge in [-0.2, -0.15) is 0 Å². The van der Waals surface area contributed by atoms with Crippen LogP contribution in [0, 0.1) is 0 Å². The molecule has 1 unspecified atom stereocenters. The fraction of sp³-hybridized carbons (Fsp3) is 0.400. The van der Waals surface area contributed by atoms with Crippen LogP contribution in [0.2, 0.25) is 0 Å². The molecule has 0 saturated carbocycles. The summed E-state index contributed by atoms with van der Waals surface area (Å²) in [4.78, 5) is 22.2. The fourth-order valence-corrected chi connectivity index (χ4v) is 2.55. The van der Waals surface area contributed by atoms with E-state index in [9.17, 15) is 4.79 Å². The lowest BCUT2D eigenvalue weighted by Crippen LogP contribution is -2.44. The lowest BCUT2D eigenvalue weighted by Gasteiger charge is -2.33. The number of esters is 1. The van der Waals surface area contributed by atoms with Crippen LogP contribution in [0.1, 0.15) is 6.42 Å². The first kappa shape index (κ1) is 13.8. The van der Waals surface area contributed by atoms with Gasteiger partial charge in [-0.3, -0.25) is 4.79 Å². The van der Waals surface area contributed by atoms with Crippen LogP contribution in [-0.4, -0.2) is 48.8 Å². The second-order valence-electron chi connectivity index (χ2n) is 4.93. The average molecular weight is 287 g/mol. The van der Waals surface area contributed by atoms with Crippen molar-refractivity contribution in [3.8, 4) is 0 Å². The molecule has 2 heterocycles. The van der Waals surface area contributed by atoms with Crippen LogP contribution < -0.4 is 4.90 Å². The molecule has 1 aliphatic heterocycles. The lowest BCUT2D eigenvalue weighted by molar-refractivity contribution is -0.144. The summed E-state index contributed by atoms with van der Waals surface area (Å²) < 4.78 is 10.3. The van der Waals surface area contributed by atoms with Crippen LogP contribution in [0.25, 0.3) is 10.9 Å². The van der Waals surface area contributed by atoms with E-state index in [2.05, 4.69) is 14.9 Å². The molecule has 6 nitrogen and oxygen atoms in total. The summed E-state index contributed by atoms with van der Waals surface area (Å²) in [5.74, 6) is 0.633. The largest absolute Gasteiger partial charge is 0.469 e. The monoisotopic (exact) mass is 287 g/mol. The normalized spacial score (nSPS) is 18.7. The maximum Gasteiger partial charge on any atom is 0.308 e. The fourth-order valence-electron chi connectivity index (χ4n) is 2.55. The van der Waals surface area contributed by atoms with E-state index in [1.165, 1.54) is 7.11 Å². The number of methoxy groups -OCH3 is 1. The molecule has 0 radical (unpaired) electrons. The van der Waals surface area contributed by atoms with Gasteiger partial charge in [0.05, 0.1) is 31.8 Å². The summed E-state index contributed by atoms with van der Waals surface area (Å²) in [6.45, 7) is 1.94. The molecule has 1 aromatic carbocycles. The number of ether oxygens (including phenoxy) is 2. The van der Waals surface area contributed by atoms with Gasteiger partial charge in [0.1, 0.15) is 12.1 Å². The number of nitrogens with zero attached hydrogens (tertiary/aromatic N) is 3. The van der Waals surface area contributed by atoms with Gasteiger partial charge in [0.25, 0.3) is 0 Å². The number of benzene rings is 1. The van der Waals surface area contributed by atoms with Crippen LogP contribution in [0.5, 0.6) is 0 Å². The van der Waals surface area contributed by atoms with Crippen molar-refractivity contribution in [1.29, 1.82) is 0 Å². The first-order chi connectivity index (χ1) is 10.3. The van der Waals surface area contributed by atoms with Crippen LogP contribution in [0.3, 0.4) is 0 Å². The predicted molar refractivity (Wildman–Crippen MR) is 78.1 cm³/mol. The molecule has 1 aliphatic rings. The molecule has 110 valence electrons. The Kier molecular flexibility index (Phi) is 3.96. The van der Waals surface area contributed by atoms with E-state index in [-0.39, 0.29) is 18.5 Å². The van der Waals surface area contributed by atoms with Gasteiger partial charge in [0.15, 0.2) is 0 Å². The number of anilines is 1. The average Bonchev–Trinajstić information content (AvgIpc) is 2.54. The van der Waals surface area contributed by atoms with E-state index < -0.39 is 0 Å². The first-order valence-corrected chi connectivity index (χ1v) is 6.91. The number of morpholine rings is 1. The van der Waals surface area contributed by atoms with Crippen LogP contribution >= 0.6 is 0 Å². The lowest BCUT2D eigenvalue weighted by atomic mass is 10.1. The van der Waals surface area contributed by atoms with Crippen molar-refractivity contribution in [2.24, 2.45) is 0 Å². The van der Waals surface area contributed by atoms with E-state index >= 15 is 0 Å². The predicted octanol–water partition coefficient (Wildman–Crippen LogP) is 1.40. The SMILES string of the molecule is COC(=O)CC1CN(c2ncnc3ccccc23)CCO1. The highest BCUT2D eigenvalue weighted by molar-refractivity contribution is 5.89. The zero-order valence-corrected chi connectivity index (χ0v) is 11.9. The molecule has 3 rings (SSSR count). The molecular weight excluding hydrogens is 270 g/mol. The number of rotatable bonds is 3. The maximum atomic E-state index is 11.4. The Hall–Kier alpha value is -2.21. The van der Waals surface area contributed by atoms with Gasteiger partial charge >= 0.3 is 5.97 Å². The van der Waals surface area contributed by atoms with E-state index in [1.807, 2.05) is 24.3 Å². The van der Waals surface area contributed by atoms with Crippen molar-refractivity contribution in [2.75, 3.05) is 31.7 Å². The molecule has 6 heteroatoms. The van der Waals surface area contributed by atoms with E-state index in [0.29, 0.717) is 13.2 Å². The highest BCUT2D eigenvalue weighted by Gasteiger charge is 2.25. The number of carbonyl (C=O) groups is 1. The topological polar surface area (TPSA) is 64.5 Å². The molecule has 2 aromatic rings. The smallest absolute Gasteiger partial charge is 0.308 e. The highest BCUT2D eigenvalue weighted by atomic mass is 16.5. The quantitative estimate of drug-likeness (QED) is 0.795. The van der Waals surface area contributed by atoms with Gasteiger partial charge in [-0.15, -0.1) is 0 Å². The van der Waals surface area contributed by atoms with Crippen molar-refractivity contribution in [1.82, 2.24) is 9.97 Å². The Morgan fingerprint density at radius 3 is 3.14 bits per heavy atom. The zero-order chi connectivity index (χ0) is 14.7. The molecule has 1 saturated heterocycles. The van der Waals surface area contributed by atoms with E-state index in [1.54, 1.807) is 6.33 Å². The number of hydrogen-bond donors (Lipinski definition) is 0. The second-order valence-corrected chi connectivity index (χ2v) is 4.93. The third kappa shape index (κ3) is 2.95. The maximum absolute atomic E-state index is 11.4. The first-order valence-electron chi connectivity index (χ1n) is 6.91. The molecule has 21 heavy (non-hydrogen) atoms. The number of para-hydroxylation sites is 1. The van der Waals surface area contributed by atoms with Crippen molar-refractivity contribution >= 4 is 22.7 Å². The van der Waals surface area contributed by atoms with Crippen LogP contribution in [0.4, 0.5) is 5.82 Å². The molecule has 0 N–H and O–H groups in total. The van der Waals surface area contributed by atoms with Gasteiger partial charge < -0.3 is 14.4 Å². The summed E-state index contributed by atoms with van der Waals surface area (Å²) in [7, 11) is 1.39. The van der Waals surface area contributed by atoms with Gasteiger partial charge in [-0.05, 0) is 12.1 Å². The summed E-state index contributed by atoms with van der Waals surface area (Å²) in [6.07, 6.45) is 1.67. The third-order valence-corrected chi connectivity index (χ3v) is 3.58. The summed E-state index contributed by atoms with van der Waals surface area (Å²) in [6, 6.07) is 7.91. The third-order valence-electron chi connectivity index (χ3n) is 3.58. The molecule has 0 bridgehead atoms. The van der Waals surface area contributed by atoms with Crippen molar-refractivity contribution < 1.29 is 14.3 Å². The minimum absolute atomic E-state index is 0.167. The Morgan fingerprint density at radius 2 is 2.29 bits per heavy atom. The Labute approximate surface area is 122 Å². The molecule has 1 fully saturated rings. The summed E-state index contributed by atoms with van der Waals surface area (Å²) in [5, 5.41) is 1.01. The van der Waals surface area contributed by atoms with Gasteiger partial charge in [0.2, 0.25) is 0 Å². The van der Waals surface area contributed by atoms with Crippen molar-refractivity contribution in [3.63, 3.8) is 0 Å². The van der Waals surface area contributed by atoms with Crippen molar-refractivity contribution in [2.45, 2.75) is 12.5 Å². The minimum Gasteiger partial charge on any atom is -0.469 e. The molecule has 0 spiro atoms. The minimum atomic E-state index is -0.255. The summed E-state index contributed by atoms with van der Waals surface area (Å²) in [5.41, 5.74) is 0.915. The number of fused-ring (bicyclic) bond motifs is 1. The van der Waals surface area contributed by atoms with Gasteiger partial charge in [-0.1, -0.05) is 12.1 Å². The van der Waals surface area contributed by atoms with Gasteiger partial charge in [-0.25, -0.2) is 9.97 Å². The zero-order valence-electron chi connectivity index (χ0n) is 11.9.